The summed E-state index contributed by atoms with van der Waals surface area (Å²) in [5.41, 5.74) is 0. The Kier molecular flexibility index (Phi) is 8.68. The van der Waals surface area contributed by atoms with Crippen LogP contribution in [0.1, 0.15) is 27.2 Å². The van der Waals surface area contributed by atoms with E-state index < -0.39 is 16.1 Å². The molecule has 0 saturated carbocycles. The summed E-state index contributed by atoms with van der Waals surface area (Å²) < 4.78 is 43.5. The maximum atomic E-state index is 12.4. The molecule has 0 radical (unpaired) electrons. The zero-order valence-corrected chi connectivity index (χ0v) is 17.5. The Balaban J connectivity index is 1.85. The van der Waals surface area contributed by atoms with Gasteiger partial charge in [0.15, 0.2) is 6.10 Å². The molecule has 0 spiro atoms. The smallest absolute Gasteiger partial charge is 0.263 e. The zero-order valence-electron chi connectivity index (χ0n) is 16.7. The largest absolute Gasteiger partial charge is 0.481 e. The first-order valence-electron chi connectivity index (χ1n) is 9.54. The Morgan fingerprint density at radius 2 is 1.82 bits per heavy atom. The highest BCUT2D eigenvalue weighted by Gasteiger charge is 2.24. The van der Waals surface area contributed by atoms with Crippen LogP contribution in [-0.4, -0.2) is 70.9 Å². The van der Waals surface area contributed by atoms with Crippen molar-refractivity contribution in [3.05, 3.63) is 24.3 Å². The average Bonchev–Trinajstić information content (AvgIpc) is 2.68. The Bertz CT molecular complexity index is 714. The normalized spacial score (nSPS) is 16.2. The van der Waals surface area contributed by atoms with Crippen molar-refractivity contribution in [1.82, 2.24) is 9.62 Å². The molecule has 158 valence electrons. The summed E-state index contributed by atoms with van der Waals surface area (Å²) in [5.74, 6) is 0.337. The maximum Gasteiger partial charge on any atom is 0.263 e. The topological polar surface area (TPSA) is 94.2 Å². The number of nitrogens with one attached hydrogen (secondary N) is 1. The fourth-order valence-corrected chi connectivity index (χ4v) is 3.75. The molecule has 1 aromatic carbocycles. The fraction of sp³-hybridized carbons (Fsp3) is 0.632. The highest BCUT2D eigenvalue weighted by molar-refractivity contribution is 7.89. The van der Waals surface area contributed by atoms with Gasteiger partial charge < -0.3 is 19.1 Å². The molecule has 1 aliphatic rings. The Labute approximate surface area is 167 Å². The monoisotopic (exact) mass is 414 g/mol. The van der Waals surface area contributed by atoms with Crippen LogP contribution in [0.5, 0.6) is 5.75 Å². The number of hydrogen-bond donors (Lipinski definition) is 1. The van der Waals surface area contributed by atoms with Crippen molar-refractivity contribution < 1.29 is 27.4 Å². The van der Waals surface area contributed by atoms with Crippen molar-refractivity contribution in [2.24, 2.45) is 0 Å². The molecule has 1 aromatic rings. The van der Waals surface area contributed by atoms with Crippen LogP contribution in [0.15, 0.2) is 29.2 Å². The van der Waals surface area contributed by atoms with E-state index in [0.29, 0.717) is 51.6 Å². The van der Waals surface area contributed by atoms with Gasteiger partial charge in [0.1, 0.15) is 5.75 Å². The highest BCUT2D eigenvalue weighted by Crippen LogP contribution is 2.18. The van der Waals surface area contributed by atoms with Gasteiger partial charge in [0.25, 0.3) is 5.91 Å². The molecule has 1 amide bonds. The quantitative estimate of drug-likeness (QED) is 0.582. The van der Waals surface area contributed by atoms with E-state index in [1.807, 2.05) is 13.8 Å². The first kappa shape index (κ1) is 22.6. The van der Waals surface area contributed by atoms with E-state index in [9.17, 15) is 13.2 Å². The fourth-order valence-electron chi connectivity index (χ4n) is 2.67. The molecule has 1 N–H and O–H groups in total. The van der Waals surface area contributed by atoms with Crippen LogP contribution in [-0.2, 0) is 24.3 Å². The van der Waals surface area contributed by atoms with Gasteiger partial charge in [-0.05, 0) is 51.5 Å². The van der Waals surface area contributed by atoms with Gasteiger partial charge in [-0.15, -0.1) is 0 Å². The zero-order chi connectivity index (χ0) is 20.6. The molecule has 0 aromatic heterocycles. The van der Waals surface area contributed by atoms with Gasteiger partial charge in [-0.25, -0.2) is 13.1 Å². The van der Waals surface area contributed by atoms with Crippen LogP contribution >= 0.6 is 0 Å². The molecule has 0 bridgehead atoms. The molecule has 1 atom stereocenters. The van der Waals surface area contributed by atoms with Gasteiger partial charge in [0.2, 0.25) is 10.0 Å². The van der Waals surface area contributed by atoms with Crippen molar-refractivity contribution in [3.63, 3.8) is 0 Å². The van der Waals surface area contributed by atoms with Gasteiger partial charge >= 0.3 is 0 Å². The predicted octanol–water partition coefficient (Wildman–Crippen LogP) is 1.41. The molecular weight excluding hydrogens is 384 g/mol. The van der Waals surface area contributed by atoms with Gasteiger partial charge in [0.05, 0.1) is 24.2 Å². The third kappa shape index (κ3) is 7.05. The van der Waals surface area contributed by atoms with Crippen molar-refractivity contribution in [2.45, 2.75) is 44.3 Å². The van der Waals surface area contributed by atoms with Gasteiger partial charge in [-0.1, -0.05) is 0 Å². The lowest BCUT2D eigenvalue weighted by Gasteiger charge is -2.29. The van der Waals surface area contributed by atoms with Crippen LogP contribution < -0.4 is 9.46 Å². The Morgan fingerprint density at radius 1 is 1.18 bits per heavy atom. The minimum absolute atomic E-state index is 0.106. The number of benzene rings is 1. The number of hydrogen-bond acceptors (Lipinski definition) is 6. The summed E-state index contributed by atoms with van der Waals surface area (Å²) in [6.07, 6.45) is 0.0704. The minimum Gasteiger partial charge on any atom is -0.481 e. The van der Waals surface area contributed by atoms with E-state index in [2.05, 4.69) is 4.72 Å². The summed E-state index contributed by atoms with van der Waals surface area (Å²) in [7, 11) is -3.59. The van der Waals surface area contributed by atoms with E-state index in [4.69, 9.17) is 14.2 Å². The molecule has 1 heterocycles. The molecule has 0 aliphatic carbocycles. The number of amides is 1. The molecule has 28 heavy (non-hydrogen) atoms. The van der Waals surface area contributed by atoms with Crippen LogP contribution in [0, 0.1) is 0 Å². The maximum absolute atomic E-state index is 12.4. The van der Waals surface area contributed by atoms with Crippen molar-refractivity contribution in [2.75, 3.05) is 39.5 Å². The molecule has 1 fully saturated rings. The Morgan fingerprint density at radius 3 is 2.43 bits per heavy atom. The van der Waals surface area contributed by atoms with E-state index in [0.717, 1.165) is 0 Å². The number of carbonyl (C=O) groups is 1. The molecule has 1 saturated heterocycles. The molecule has 9 heteroatoms. The van der Waals surface area contributed by atoms with Crippen LogP contribution in [0.25, 0.3) is 0 Å². The second kappa shape index (κ2) is 10.8. The first-order valence-corrected chi connectivity index (χ1v) is 11.0. The number of morpholine rings is 1. The van der Waals surface area contributed by atoms with Crippen molar-refractivity contribution >= 4 is 15.9 Å². The van der Waals surface area contributed by atoms with Crippen LogP contribution in [0.2, 0.25) is 0 Å². The van der Waals surface area contributed by atoms with Gasteiger partial charge in [-0.3, -0.25) is 4.79 Å². The first-order chi connectivity index (χ1) is 13.3. The minimum atomic E-state index is -3.59. The summed E-state index contributed by atoms with van der Waals surface area (Å²) in [6.45, 7) is 8.52. The molecule has 2 rings (SSSR count). The number of ether oxygens (including phenoxy) is 3. The Hall–Kier alpha value is -1.68. The highest BCUT2D eigenvalue weighted by atomic mass is 32.2. The predicted molar refractivity (Wildman–Crippen MR) is 105 cm³/mol. The second-order valence-corrected chi connectivity index (χ2v) is 8.61. The molecule has 8 nitrogen and oxygen atoms in total. The lowest BCUT2D eigenvalue weighted by molar-refractivity contribution is -0.142. The number of sulfonamides is 1. The molecule has 1 aliphatic heterocycles. The summed E-state index contributed by atoms with van der Waals surface area (Å²) in [4.78, 5) is 14.2. The number of carbonyl (C=O) groups excluding carboxylic acids is 1. The number of rotatable bonds is 10. The second-order valence-electron chi connectivity index (χ2n) is 6.84. The van der Waals surface area contributed by atoms with E-state index >= 15 is 0 Å². The van der Waals surface area contributed by atoms with E-state index in [1.165, 1.54) is 12.1 Å². The van der Waals surface area contributed by atoms with Crippen molar-refractivity contribution in [1.29, 1.82) is 0 Å². The summed E-state index contributed by atoms with van der Waals surface area (Å²) >= 11 is 0. The average molecular weight is 415 g/mol. The standard InChI is InChI=1S/C19H30N2O6S/c1-15(2)26-12-4-9-20-28(23,24)18-7-5-17(6-8-18)27-16(3)19(22)21-10-13-25-14-11-21/h5-8,15-16,20H,4,9-14H2,1-3H3/t16-/m0/s1. The molecule has 0 unspecified atom stereocenters. The van der Waals surface area contributed by atoms with E-state index in [1.54, 1.807) is 24.0 Å². The van der Waals surface area contributed by atoms with Crippen molar-refractivity contribution in [3.8, 4) is 5.75 Å². The van der Waals surface area contributed by atoms with Crippen LogP contribution in [0.4, 0.5) is 0 Å². The third-order valence-electron chi connectivity index (χ3n) is 4.18. The summed E-state index contributed by atoms with van der Waals surface area (Å²) in [5, 5.41) is 0. The lowest BCUT2D eigenvalue weighted by Crippen LogP contribution is -2.46. The van der Waals surface area contributed by atoms with Gasteiger partial charge in [-0.2, -0.15) is 0 Å². The SMILES string of the molecule is CC(C)OCCCNS(=O)(=O)c1ccc(O[C@@H](C)C(=O)N2CCOCC2)cc1. The molecular formula is C19H30N2O6S. The lowest BCUT2D eigenvalue weighted by atomic mass is 10.3. The third-order valence-corrected chi connectivity index (χ3v) is 5.66. The number of nitrogens with zero attached hydrogens (tertiary/aromatic N) is 1. The van der Waals surface area contributed by atoms with E-state index in [-0.39, 0.29) is 16.9 Å². The van der Waals surface area contributed by atoms with Gasteiger partial charge in [0, 0.05) is 26.2 Å². The summed E-state index contributed by atoms with van der Waals surface area (Å²) in [6, 6.07) is 6.04. The van der Waals surface area contributed by atoms with Crippen LogP contribution in [0.3, 0.4) is 0 Å².